The van der Waals surface area contributed by atoms with Crippen LogP contribution in [0.3, 0.4) is 0 Å². The lowest BCUT2D eigenvalue weighted by molar-refractivity contribution is 0.529. The number of halogens is 2. The van der Waals surface area contributed by atoms with Crippen molar-refractivity contribution in [1.82, 2.24) is 5.32 Å². The SMILES string of the molecule is CCCNC(Cc1ccc(C)cc1)c1ccc(Br)cc1Cl. The highest BCUT2D eigenvalue weighted by Crippen LogP contribution is 2.28. The first-order valence-electron chi connectivity index (χ1n) is 7.34. The Bertz CT molecular complexity index is 580. The highest BCUT2D eigenvalue weighted by molar-refractivity contribution is 9.10. The fourth-order valence-electron chi connectivity index (χ4n) is 2.35. The molecule has 0 amide bonds. The van der Waals surface area contributed by atoms with Crippen LogP contribution in [-0.4, -0.2) is 6.54 Å². The largest absolute Gasteiger partial charge is 0.310 e. The quantitative estimate of drug-likeness (QED) is 0.692. The summed E-state index contributed by atoms with van der Waals surface area (Å²) in [6.45, 7) is 5.28. The van der Waals surface area contributed by atoms with Gasteiger partial charge in [-0.25, -0.2) is 0 Å². The summed E-state index contributed by atoms with van der Waals surface area (Å²) < 4.78 is 1.01. The molecule has 3 heteroatoms. The summed E-state index contributed by atoms with van der Waals surface area (Å²) in [5.74, 6) is 0. The topological polar surface area (TPSA) is 12.0 Å². The van der Waals surface area contributed by atoms with Gasteiger partial charge >= 0.3 is 0 Å². The minimum absolute atomic E-state index is 0.244. The van der Waals surface area contributed by atoms with Crippen LogP contribution in [0.5, 0.6) is 0 Å². The van der Waals surface area contributed by atoms with Crippen molar-refractivity contribution < 1.29 is 0 Å². The summed E-state index contributed by atoms with van der Waals surface area (Å²) in [6.07, 6.45) is 2.06. The lowest BCUT2D eigenvalue weighted by atomic mass is 9.98. The van der Waals surface area contributed by atoms with E-state index >= 15 is 0 Å². The minimum atomic E-state index is 0.244. The van der Waals surface area contributed by atoms with E-state index in [1.54, 1.807) is 0 Å². The average molecular weight is 367 g/mol. The third kappa shape index (κ3) is 4.84. The maximum atomic E-state index is 6.42. The van der Waals surface area contributed by atoms with Gasteiger partial charge in [0, 0.05) is 15.5 Å². The first kappa shape index (κ1) is 16.5. The molecule has 1 atom stereocenters. The van der Waals surface area contributed by atoms with Gasteiger partial charge < -0.3 is 5.32 Å². The Morgan fingerprint density at radius 2 is 1.86 bits per heavy atom. The second kappa shape index (κ2) is 7.98. The van der Waals surface area contributed by atoms with Gasteiger partial charge in [-0.15, -0.1) is 0 Å². The average Bonchev–Trinajstić information content (AvgIpc) is 2.46. The summed E-state index contributed by atoms with van der Waals surface area (Å²) in [7, 11) is 0. The zero-order chi connectivity index (χ0) is 15.2. The first-order chi connectivity index (χ1) is 10.1. The Labute approximate surface area is 140 Å². The van der Waals surface area contributed by atoms with Crippen LogP contribution in [0.1, 0.15) is 36.1 Å². The van der Waals surface area contributed by atoms with Crippen molar-refractivity contribution in [3.8, 4) is 0 Å². The zero-order valence-corrected chi connectivity index (χ0v) is 14.8. The van der Waals surface area contributed by atoms with Crippen molar-refractivity contribution in [2.24, 2.45) is 0 Å². The van der Waals surface area contributed by atoms with E-state index in [2.05, 4.69) is 71.5 Å². The molecule has 0 aliphatic rings. The predicted molar refractivity (Wildman–Crippen MR) is 95.1 cm³/mol. The Hall–Kier alpha value is -0.830. The van der Waals surface area contributed by atoms with Crippen LogP contribution >= 0.6 is 27.5 Å². The second-order valence-electron chi connectivity index (χ2n) is 5.36. The van der Waals surface area contributed by atoms with Crippen LogP contribution in [0, 0.1) is 6.92 Å². The van der Waals surface area contributed by atoms with Gasteiger partial charge in [-0.1, -0.05) is 70.3 Å². The van der Waals surface area contributed by atoms with E-state index in [-0.39, 0.29) is 6.04 Å². The molecule has 1 unspecified atom stereocenters. The molecule has 0 fully saturated rings. The molecule has 1 nitrogen and oxygen atoms in total. The van der Waals surface area contributed by atoms with Crippen molar-refractivity contribution in [3.05, 3.63) is 68.7 Å². The molecular formula is C18H21BrClN. The number of benzene rings is 2. The summed E-state index contributed by atoms with van der Waals surface area (Å²) >= 11 is 9.89. The number of hydrogen-bond donors (Lipinski definition) is 1. The lowest BCUT2D eigenvalue weighted by Crippen LogP contribution is -2.24. The summed E-state index contributed by atoms with van der Waals surface area (Å²) in [5.41, 5.74) is 3.78. The smallest absolute Gasteiger partial charge is 0.0465 e. The molecular weight excluding hydrogens is 346 g/mol. The molecule has 0 radical (unpaired) electrons. The van der Waals surface area contributed by atoms with Gasteiger partial charge in [0.1, 0.15) is 0 Å². The fraction of sp³-hybridized carbons (Fsp3) is 0.333. The molecule has 0 saturated carbocycles. The number of rotatable bonds is 6. The molecule has 2 aromatic carbocycles. The van der Waals surface area contributed by atoms with Crippen LogP contribution in [0.2, 0.25) is 5.02 Å². The lowest BCUT2D eigenvalue weighted by Gasteiger charge is -2.20. The van der Waals surface area contributed by atoms with E-state index in [1.165, 1.54) is 11.1 Å². The molecule has 21 heavy (non-hydrogen) atoms. The van der Waals surface area contributed by atoms with Crippen LogP contribution in [0.4, 0.5) is 0 Å². The third-order valence-corrected chi connectivity index (χ3v) is 4.36. The molecule has 0 bridgehead atoms. The number of nitrogens with one attached hydrogen (secondary N) is 1. The molecule has 112 valence electrons. The van der Waals surface area contributed by atoms with Crippen LogP contribution < -0.4 is 5.32 Å². The maximum absolute atomic E-state index is 6.42. The van der Waals surface area contributed by atoms with E-state index in [9.17, 15) is 0 Å². The predicted octanol–water partition coefficient (Wildman–Crippen LogP) is 5.69. The molecule has 0 aliphatic heterocycles. The Balaban J connectivity index is 2.22. The van der Waals surface area contributed by atoms with Gasteiger partial charge in [0.05, 0.1) is 0 Å². The maximum Gasteiger partial charge on any atom is 0.0465 e. The van der Waals surface area contributed by atoms with Crippen molar-refractivity contribution in [3.63, 3.8) is 0 Å². The molecule has 1 N–H and O–H groups in total. The summed E-state index contributed by atoms with van der Waals surface area (Å²) in [6, 6.07) is 15.1. The summed E-state index contributed by atoms with van der Waals surface area (Å²) in [5, 5.41) is 4.42. The Kier molecular flexibility index (Phi) is 6.28. The van der Waals surface area contributed by atoms with Crippen LogP contribution in [0.15, 0.2) is 46.9 Å². The Morgan fingerprint density at radius 3 is 2.48 bits per heavy atom. The Morgan fingerprint density at radius 1 is 1.14 bits per heavy atom. The molecule has 0 spiro atoms. The van der Waals surface area contributed by atoms with Gasteiger partial charge in [0.25, 0.3) is 0 Å². The highest BCUT2D eigenvalue weighted by atomic mass is 79.9. The molecule has 0 saturated heterocycles. The van der Waals surface area contributed by atoms with Crippen LogP contribution in [-0.2, 0) is 6.42 Å². The molecule has 2 aromatic rings. The monoisotopic (exact) mass is 365 g/mol. The van der Waals surface area contributed by atoms with Crippen molar-refractivity contribution in [2.75, 3.05) is 6.54 Å². The second-order valence-corrected chi connectivity index (χ2v) is 6.69. The zero-order valence-electron chi connectivity index (χ0n) is 12.5. The normalized spacial score (nSPS) is 12.4. The van der Waals surface area contributed by atoms with Gasteiger partial charge in [0.15, 0.2) is 0 Å². The number of hydrogen-bond acceptors (Lipinski definition) is 1. The first-order valence-corrected chi connectivity index (χ1v) is 8.51. The standard InChI is InChI=1S/C18H21BrClN/c1-3-10-21-18(11-14-6-4-13(2)5-7-14)16-9-8-15(19)12-17(16)20/h4-9,12,18,21H,3,10-11H2,1-2H3. The molecule has 2 rings (SSSR count). The third-order valence-electron chi connectivity index (χ3n) is 3.54. The fourth-order valence-corrected chi connectivity index (χ4v) is 3.16. The van der Waals surface area contributed by atoms with Crippen molar-refractivity contribution >= 4 is 27.5 Å². The highest BCUT2D eigenvalue weighted by Gasteiger charge is 2.15. The van der Waals surface area contributed by atoms with E-state index in [1.807, 2.05) is 6.07 Å². The van der Waals surface area contributed by atoms with E-state index in [4.69, 9.17) is 11.6 Å². The molecule has 0 aliphatic carbocycles. The van der Waals surface area contributed by atoms with Crippen molar-refractivity contribution in [1.29, 1.82) is 0 Å². The van der Waals surface area contributed by atoms with Crippen LogP contribution in [0.25, 0.3) is 0 Å². The van der Waals surface area contributed by atoms with E-state index in [0.717, 1.165) is 34.4 Å². The molecule has 0 aromatic heterocycles. The van der Waals surface area contributed by atoms with E-state index < -0.39 is 0 Å². The van der Waals surface area contributed by atoms with Crippen molar-refractivity contribution in [2.45, 2.75) is 32.7 Å². The van der Waals surface area contributed by atoms with E-state index in [0.29, 0.717) is 0 Å². The van der Waals surface area contributed by atoms with Gasteiger partial charge in [-0.3, -0.25) is 0 Å². The summed E-state index contributed by atoms with van der Waals surface area (Å²) in [4.78, 5) is 0. The minimum Gasteiger partial charge on any atom is -0.310 e. The molecule has 0 heterocycles. The van der Waals surface area contributed by atoms with Gasteiger partial charge in [0.2, 0.25) is 0 Å². The number of aryl methyl sites for hydroxylation is 1. The van der Waals surface area contributed by atoms with Gasteiger partial charge in [-0.05, 0) is 49.6 Å². The van der Waals surface area contributed by atoms with Gasteiger partial charge in [-0.2, -0.15) is 0 Å².